The van der Waals surface area contributed by atoms with Gasteiger partial charge in [0.05, 0.1) is 0 Å². The standard InChI is InChI=1S/C21H23N3O/c25-21(22-15-5-4-10-18-8-2-1-3-9-18)23-19-11-13-20(14-12-19)24-16-6-7-17-24/h1-3,6-9,11-14,16-17H,4-5,10,15H2,(H2,22,23,25). The molecule has 0 spiro atoms. The van der Waals surface area contributed by atoms with Gasteiger partial charge in [-0.05, 0) is 61.2 Å². The summed E-state index contributed by atoms with van der Waals surface area (Å²) < 4.78 is 2.02. The predicted molar refractivity (Wildman–Crippen MR) is 102 cm³/mol. The van der Waals surface area contributed by atoms with Crippen LogP contribution in [-0.4, -0.2) is 17.1 Å². The smallest absolute Gasteiger partial charge is 0.319 e. The van der Waals surface area contributed by atoms with Gasteiger partial charge in [0.2, 0.25) is 0 Å². The Morgan fingerprint density at radius 2 is 1.56 bits per heavy atom. The summed E-state index contributed by atoms with van der Waals surface area (Å²) >= 11 is 0. The summed E-state index contributed by atoms with van der Waals surface area (Å²) in [6.07, 6.45) is 7.06. The zero-order valence-corrected chi connectivity index (χ0v) is 14.2. The maximum atomic E-state index is 11.9. The lowest BCUT2D eigenvalue weighted by molar-refractivity contribution is 0.252. The van der Waals surface area contributed by atoms with Crippen LogP contribution in [-0.2, 0) is 6.42 Å². The SMILES string of the molecule is O=C(NCCCCc1ccccc1)Nc1ccc(-n2cccc2)cc1. The van der Waals surface area contributed by atoms with E-state index < -0.39 is 0 Å². The first-order valence-corrected chi connectivity index (χ1v) is 8.63. The maximum Gasteiger partial charge on any atom is 0.319 e. The molecule has 0 aliphatic rings. The zero-order valence-electron chi connectivity index (χ0n) is 14.2. The fourth-order valence-corrected chi connectivity index (χ4v) is 2.70. The summed E-state index contributed by atoms with van der Waals surface area (Å²) in [6.45, 7) is 0.681. The molecule has 0 saturated carbocycles. The molecular formula is C21H23N3O. The lowest BCUT2D eigenvalue weighted by Gasteiger charge is -2.09. The van der Waals surface area contributed by atoms with Crippen molar-refractivity contribution in [3.05, 3.63) is 84.7 Å². The van der Waals surface area contributed by atoms with Crippen LogP contribution in [0.1, 0.15) is 18.4 Å². The first kappa shape index (κ1) is 16.8. The second-order valence-corrected chi connectivity index (χ2v) is 5.96. The first-order valence-electron chi connectivity index (χ1n) is 8.63. The lowest BCUT2D eigenvalue weighted by Crippen LogP contribution is -2.29. The third-order valence-electron chi connectivity index (χ3n) is 4.05. The van der Waals surface area contributed by atoms with E-state index in [9.17, 15) is 4.79 Å². The summed E-state index contributed by atoms with van der Waals surface area (Å²) in [5, 5.41) is 5.77. The second-order valence-electron chi connectivity index (χ2n) is 5.96. The van der Waals surface area contributed by atoms with Crippen molar-refractivity contribution in [2.45, 2.75) is 19.3 Å². The molecule has 2 aromatic carbocycles. The molecule has 0 bridgehead atoms. The van der Waals surface area contributed by atoms with E-state index in [1.807, 2.05) is 59.4 Å². The van der Waals surface area contributed by atoms with Crippen LogP contribution in [0.3, 0.4) is 0 Å². The summed E-state index contributed by atoms with van der Waals surface area (Å²) in [7, 11) is 0. The van der Waals surface area contributed by atoms with Crippen LogP contribution in [0.2, 0.25) is 0 Å². The molecule has 3 aromatic rings. The normalized spacial score (nSPS) is 10.4. The molecule has 0 saturated heterocycles. The first-order chi connectivity index (χ1) is 12.3. The number of aromatic nitrogens is 1. The number of nitrogens with one attached hydrogen (secondary N) is 2. The summed E-state index contributed by atoms with van der Waals surface area (Å²) in [6, 6.07) is 22.0. The van der Waals surface area contributed by atoms with Gasteiger partial charge in [-0.2, -0.15) is 0 Å². The number of nitrogens with zero attached hydrogens (tertiary/aromatic N) is 1. The number of hydrogen-bond acceptors (Lipinski definition) is 1. The molecule has 0 fully saturated rings. The molecule has 4 nitrogen and oxygen atoms in total. The molecule has 2 N–H and O–H groups in total. The summed E-state index contributed by atoms with van der Waals surface area (Å²) in [5.74, 6) is 0. The molecule has 0 aliphatic carbocycles. The van der Waals surface area contributed by atoms with Crippen molar-refractivity contribution < 1.29 is 4.79 Å². The molecule has 25 heavy (non-hydrogen) atoms. The third kappa shape index (κ3) is 5.24. The molecule has 0 aliphatic heterocycles. The minimum Gasteiger partial charge on any atom is -0.338 e. The Balaban J connectivity index is 1.36. The van der Waals surface area contributed by atoms with E-state index in [0.717, 1.165) is 30.6 Å². The van der Waals surface area contributed by atoms with Crippen LogP contribution in [0.4, 0.5) is 10.5 Å². The number of anilines is 1. The molecular weight excluding hydrogens is 310 g/mol. The van der Waals surface area contributed by atoms with Gasteiger partial charge in [-0.25, -0.2) is 4.79 Å². The number of unbranched alkanes of at least 4 members (excludes halogenated alkanes) is 1. The highest BCUT2D eigenvalue weighted by molar-refractivity contribution is 5.89. The average molecular weight is 333 g/mol. The number of hydrogen-bond donors (Lipinski definition) is 2. The van der Waals surface area contributed by atoms with E-state index >= 15 is 0 Å². The molecule has 2 amide bonds. The number of rotatable bonds is 7. The Morgan fingerprint density at radius 1 is 0.840 bits per heavy atom. The Labute approximate surface area is 148 Å². The van der Waals surface area contributed by atoms with Crippen molar-refractivity contribution in [2.24, 2.45) is 0 Å². The van der Waals surface area contributed by atoms with Gasteiger partial charge in [-0.3, -0.25) is 0 Å². The largest absolute Gasteiger partial charge is 0.338 e. The minimum atomic E-state index is -0.159. The van der Waals surface area contributed by atoms with Crippen molar-refractivity contribution in [1.29, 1.82) is 0 Å². The van der Waals surface area contributed by atoms with Gasteiger partial charge in [0.25, 0.3) is 0 Å². The summed E-state index contributed by atoms with van der Waals surface area (Å²) in [5.41, 5.74) is 3.20. The Bertz CT molecular complexity index is 765. The van der Waals surface area contributed by atoms with Gasteiger partial charge in [0.15, 0.2) is 0 Å². The van der Waals surface area contributed by atoms with Crippen molar-refractivity contribution >= 4 is 11.7 Å². The summed E-state index contributed by atoms with van der Waals surface area (Å²) in [4.78, 5) is 11.9. The topological polar surface area (TPSA) is 46.1 Å². The molecule has 3 rings (SSSR count). The zero-order chi connectivity index (χ0) is 17.3. The fourth-order valence-electron chi connectivity index (χ4n) is 2.70. The van der Waals surface area contributed by atoms with Gasteiger partial charge in [0.1, 0.15) is 0 Å². The third-order valence-corrected chi connectivity index (χ3v) is 4.05. The van der Waals surface area contributed by atoms with Crippen molar-refractivity contribution in [3.8, 4) is 5.69 Å². The molecule has 1 aromatic heterocycles. The van der Waals surface area contributed by atoms with E-state index in [-0.39, 0.29) is 6.03 Å². The number of amides is 2. The molecule has 1 heterocycles. The number of benzene rings is 2. The molecule has 0 radical (unpaired) electrons. The van der Waals surface area contributed by atoms with Gasteiger partial charge < -0.3 is 15.2 Å². The lowest BCUT2D eigenvalue weighted by atomic mass is 10.1. The van der Waals surface area contributed by atoms with Crippen LogP contribution in [0.25, 0.3) is 5.69 Å². The molecule has 128 valence electrons. The van der Waals surface area contributed by atoms with Crippen LogP contribution in [0.15, 0.2) is 79.1 Å². The van der Waals surface area contributed by atoms with Crippen LogP contribution in [0.5, 0.6) is 0 Å². The van der Waals surface area contributed by atoms with E-state index in [1.165, 1.54) is 5.56 Å². The maximum absolute atomic E-state index is 11.9. The minimum absolute atomic E-state index is 0.159. The van der Waals surface area contributed by atoms with Crippen LogP contribution >= 0.6 is 0 Å². The highest BCUT2D eigenvalue weighted by Gasteiger charge is 2.02. The Kier molecular flexibility index (Phi) is 5.88. The fraction of sp³-hybridized carbons (Fsp3) is 0.190. The van der Waals surface area contributed by atoms with Gasteiger partial charge in [-0.15, -0.1) is 0 Å². The van der Waals surface area contributed by atoms with Gasteiger partial charge in [-0.1, -0.05) is 30.3 Å². The van der Waals surface area contributed by atoms with E-state index in [4.69, 9.17) is 0 Å². The molecule has 4 heteroatoms. The van der Waals surface area contributed by atoms with E-state index in [1.54, 1.807) is 0 Å². The number of carbonyl (C=O) groups excluding carboxylic acids is 1. The number of aryl methyl sites for hydroxylation is 1. The van der Waals surface area contributed by atoms with Crippen LogP contribution in [0, 0.1) is 0 Å². The van der Waals surface area contributed by atoms with Gasteiger partial charge in [0, 0.05) is 30.3 Å². The number of urea groups is 1. The van der Waals surface area contributed by atoms with Crippen molar-refractivity contribution in [1.82, 2.24) is 9.88 Å². The monoisotopic (exact) mass is 333 g/mol. The van der Waals surface area contributed by atoms with E-state index in [2.05, 4.69) is 34.9 Å². The second kappa shape index (κ2) is 8.73. The van der Waals surface area contributed by atoms with Crippen LogP contribution < -0.4 is 10.6 Å². The highest BCUT2D eigenvalue weighted by Crippen LogP contribution is 2.13. The van der Waals surface area contributed by atoms with Crippen molar-refractivity contribution in [3.63, 3.8) is 0 Å². The van der Waals surface area contributed by atoms with E-state index in [0.29, 0.717) is 6.54 Å². The van der Waals surface area contributed by atoms with Crippen molar-refractivity contribution in [2.75, 3.05) is 11.9 Å². The molecule has 0 unspecified atom stereocenters. The molecule has 0 atom stereocenters. The predicted octanol–water partition coefficient (Wildman–Crippen LogP) is 4.62. The Hall–Kier alpha value is -3.01. The average Bonchev–Trinajstić information content (AvgIpc) is 3.18. The van der Waals surface area contributed by atoms with Gasteiger partial charge >= 0.3 is 6.03 Å². The highest BCUT2D eigenvalue weighted by atomic mass is 16.2. The number of carbonyl (C=O) groups is 1. The Morgan fingerprint density at radius 3 is 2.28 bits per heavy atom. The quantitative estimate of drug-likeness (QED) is 0.609.